The molecular formula is C23H39N5O2. The molecule has 30 heavy (non-hydrogen) atoms. The first kappa shape index (κ1) is 22.7. The summed E-state index contributed by atoms with van der Waals surface area (Å²) in [5.41, 5.74) is 1.24. The Morgan fingerprint density at radius 3 is 2.83 bits per heavy atom. The van der Waals surface area contributed by atoms with Gasteiger partial charge in [-0.1, -0.05) is 19.9 Å². The van der Waals surface area contributed by atoms with Crippen LogP contribution in [0.3, 0.4) is 0 Å². The van der Waals surface area contributed by atoms with E-state index in [1.165, 1.54) is 12.1 Å². The molecule has 0 saturated carbocycles. The second-order valence-corrected chi connectivity index (χ2v) is 8.78. The lowest BCUT2D eigenvalue weighted by Crippen LogP contribution is -2.50. The highest BCUT2D eigenvalue weighted by Gasteiger charge is 2.24. The van der Waals surface area contributed by atoms with Crippen LogP contribution >= 0.6 is 0 Å². The lowest BCUT2D eigenvalue weighted by Gasteiger charge is -2.34. The van der Waals surface area contributed by atoms with Crippen molar-refractivity contribution in [3.63, 3.8) is 0 Å². The molecule has 2 N–H and O–H groups in total. The highest BCUT2D eigenvalue weighted by Crippen LogP contribution is 2.26. The summed E-state index contributed by atoms with van der Waals surface area (Å²) in [4.78, 5) is 9.33. The van der Waals surface area contributed by atoms with Crippen LogP contribution in [0.4, 0.5) is 5.69 Å². The van der Waals surface area contributed by atoms with Gasteiger partial charge in [0, 0.05) is 64.6 Å². The minimum atomic E-state index is 0.214. The zero-order chi connectivity index (χ0) is 21.3. The van der Waals surface area contributed by atoms with E-state index in [4.69, 9.17) is 9.47 Å². The van der Waals surface area contributed by atoms with Gasteiger partial charge in [0.1, 0.15) is 5.75 Å². The molecule has 2 fully saturated rings. The first-order chi connectivity index (χ1) is 14.6. The molecule has 2 atom stereocenters. The van der Waals surface area contributed by atoms with Gasteiger partial charge in [0.25, 0.3) is 0 Å². The zero-order valence-electron chi connectivity index (χ0n) is 19.1. The van der Waals surface area contributed by atoms with E-state index in [9.17, 15) is 0 Å². The van der Waals surface area contributed by atoms with Crippen molar-refractivity contribution in [1.29, 1.82) is 0 Å². The summed E-state index contributed by atoms with van der Waals surface area (Å²) in [6, 6.07) is 8.32. The maximum absolute atomic E-state index is 5.94. The molecule has 0 aromatic heterocycles. The molecule has 0 amide bonds. The van der Waals surface area contributed by atoms with Gasteiger partial charge in [-0.15, -0.1) is 0 Å². The Balaban J connectivity index is 1.39. The number of rotatable bonds is 8. The average molecular weight is 418 g/mol. The van der Waals surface area contributed by atoms with E-state index >= 15 is 0 Å². The third-order valence-corrected chi connectivity index (χ3v) is 5.83. The molecule has 2 aliphatic heterocycles. The van der Waals surface area contributed by atoms with Gasteiger partial charge in [0.2, 0.25) is 0 Å². The Hall–Kier alpha value is -1.99. The molecule has 2 saturated heterocycles. The molecule has 3 rings (SSSR count). The lowest BCUT2D eigenvalue weighted by molar-refractivity contribution is -0.0284. The van der Waals surface area contributed by atoms with E-state index in [2.05, 4.69) is 57.5 Å². The van der Waals surface area contributed by atoms with Gasteiger partial charge in [-0.25, -0.2) is 0 Å². The van der Waals surface area contributed by atoms with E-state index < -0.39 is 0 Å². The number of benzene rings is 1. The third kappa shape index (κ3) is 6.77. The standard InChI is InChI=1S/C23H39N5O2/c1-18(2)15-27-10-11-30-22(17-27)14-26-23(24-3)25-13-19-8-9-28(16-19)20-6-5-7-21(12-20)29-4/h5-7,12,18-19,22H,8-11,13-17H2,1-4H3,(H2,24,25,26). The molecular weight excluding hydrogens is 378 g/mol. The van der Waals surface area contributed by atoms with Crippen molar-refractivity contribution in [1.82, 2.24) is 15.5 Å². The smallest absolute Gasteiger partial charge is 0.191 e. The highest BCUT2D eigenvalue weighted by molar-refractivity contribution is 5.79. The molecule has 1 aromatic carbocycles. The minimum Gasteiger partial charge on any atom is -0.497 e. The number of methoxy groups -OCH3 is 1. The van der Waals surface area contributed by atoms with Crippen LogP contribution in [0.2, 0.25) is 0 Å². The number of guanidine groups is 1. The van der Waals surface area contributed by atoms with Crippen LogP contribution in [0, 0.1) is 11.8 Å². The summed E-state index contributed by atoms with van der Waals surface area (Å²) in [6.45, 7) is 12.3. The van der Waals surface area contributed by atoms with Crippen molar-refractivity contribution in [3.8, 4) is 5.75 Å². The van der Waals surface area contributed by atoms with Crippen molar-refractivity contribution >= 4 is 11.6 Å². The molecule has 7 heteroatoms. The highest BCUT2D eigenvalue weighted by atomic mass is 16.5. The molecule has 2 heterocycles. The number of nitrogens with one attached hydrogen (secondary N) is 2. The molecule has 2 aliphatic rings. The molecule has 168 valence electrons. The maximum atomic E-state index is 5.94. The molecule has 1 aromatic rings. The second kappa shape index (κ2) is 11.4. The van der Waals surface area contributed by atoms with E-state index in [0.29, 0.717) is 11.8 Å². The topological polar surface area (TPSA) is 61.4 Å². The maximum Gasteiger partial charge on any atom is 0.191 e. The van der Waals surface area contributed by atoms with Crippen molar-refractivity contribution in [2.45, 2.75) is 26.4 Å². The van der Waals surface area contributed by atoms with Crippen LogP contribution in [0.25, 0.3) is 0 Å². The van der Waals surface area contributed by atoms with Gasteiger partial charge in [0.05, 0.1) is 19.8 Å². The first-order valence-corrected chi connectivity index (χ1v) is 11.2. The fourth-order valence-electron chi connectivity index (χ4n) is 4.30. The Morgan fingerprint density at radius 1 is 1.23 bits per heavy atom. The largest absolute Gasteiger partial charge is 0.497 e. The average Bonchev–Trinajstić information content (AvgIpc) is 3.23. The molecule has 0 radical (unpaired) electrons. The van der Waals surface area contributed by atoms with E-state index in [1.807, 2.05) is 13.1 Å². The third-order valence-electron chi connectivity index (χ3n) is 5.83. The van der Waals surface area contributed by atoms with Crippen LogP contribution in [-0.4, -0.2) is 83.5 Å². The summed E-state index contributed by atoms with van der Waals surface area (Å²) in [7, 11) is 3.55. The summed E-state index contributed by atoms with van der Waals surface area (Å²) in [5, 5.41) is 6.96. The van der Waals surface area contributed by atoms with E-state index in [0.717, 1.165) is 64.1 Å². The van der Waals surface area contributed by atoms with Crippen LogP contribution in [0.15, 0.2) is 29.3 Å². The van der Waals surface area contributed by atoms with Crippen LogP contribution in [-0.2, 0) is 4.74 Å². The Morgan fingerprint density at radius 2 is 2.07 bits per heavy atom. The number of ether oxygens (including phenoxy) is 2. The monoisotopic (exact) mass is 417 g/mol. The number of anilines is 1. The van der Waals surface area contributed by atoms with Crippen LogP contribution in [0.5, 0.6) is 5.75 Å². The number of hydrogen-bond acceptors (Lipinski definition) is 5. The molecule has 2 unspecified atom stereocenters. The SMILES string of the molecule is CN=C(NCC1CCN(c2cccc(OC)c2)C1)NCC1CN(CC(C)C)CCO1. The molecule has 0 bridgehead atoms. The van der Waals surface area contributed by atoms with E-state index in [1.54, 1.807) is 7.11 Å². The van der Waals surface area contributed by atoms with Gasteiger partial charge in [-0.2, -0.15) is 0 Å². The van der Waals surface area contributed by atoms with Crippen LogP contribution < -0.4 is 20.3 Å². The fourth-order valence-corrected chi connectivity index (χ4v) is 4.30. The number of morpholine rings is 1. The van der Waals surface area contributed by atoms with Crippen molar-refractivity contribution in [3.05, 3.63) is 24.3 Å². The summed E-state index contributed by atoms with van der Waals surface area (Å²) in [5.74, 6) is 3.06. The fraction of sp³-hybridized carbons (Fsp3) is 0.696. The van der Waals surface area contributed by atoms with Gasteiger partial charge in [-0.05, 0) is 30.4 Å². The van der Waals surface area contributed by atoms with Gasteiger partial charge < -0.3 is 25.0 Å². The number of nitrogens with zero attached hydrogens (tertiary/aromatic N) is 3. The predicted octanol–water partition coefficient (Wildman–Crippen LogP) is 2.04. The number of aliphatic imine (C=N–C) groups is 1. The normalized spacial score (nSPS) is 23.1. The van der Waals surface area contributed by atoms with Gasteiger partial charge in [0.15, 0.2) is 5.96 Å². The summed E-state index contributed by atoms with van der Waals surface area (Å²) >= 11 is 0. The molecule has 0 spiro atoms. The predicted molar refractivity (Wildman–Crippen MR) is 124 cm³/mol. The second-order valence-electron chi connectivity index (χ2n) is 8.78. The van der Waals surface area contributed by atoms with E-state index in [-0.39, 0.29) is 6.10 Å². The molecule has 7 nitrogen and oxygen atoms in total. The lowest BCUT2D eigenvalue weighted by atomic mass is 10.1. The Kier molecular flexibility index (Phi) is 8.63. The Bertz CT molecular complexity index is 681. The van der Waals surface area contributed by atoms with Crippen molar-refractivity contribution < 1.29 is 9.47 Å². The van der Waals surface area contributed by atoms with Gasteiger partial charge in [-0.3, -0.25) is 9.89 Å². The van der Waals surface area contributed by atoms with Crippen molar-refractivity contribution in [2.24, 2.45) is 16.8 Å². The zero-order valence-corrected chi connectivity index (χ0v) is 19.1. The first-order valence-electron chi connectivity index (χ1n) is 11.2. The van der Waals surface area contributed by atoms with Crippen molar-refractivity contribution in [2.75, 3.05) is 71.5 Å². The quantitative estimate of drug-likeness (QED) is 0.499. The summed E-state index contributed by atoms with van der Waals surface area (Å²) < 4.78 is 11.3. The van der Waals surface area contributed by atoms with Gasteiger partial charge >= 0.3 is 0 Å². The number of hydrogen-bond donors (Lipinski definition) is 2. The minimum absolute atomic E-state index is 0.214. The Labute approximate surface area is 181 Å². The van der Waals surface area contributed by atoms with Crippen LogP contribution in [0.1, 0.15) is 20.3 Å². The molecule has 0 aliphatic carbocycles. The summed E-state index contributed by atoms with van der Waals surface area (Å²) in [6.07, 6.45) is 1.39.